The summed E-state index contributed by atoms with van der Waals surface area (Å²) in [7, 11) is 1.61. The lowest BCUT2D eigenvalue weighted by molar-refractivity contribution is -0.127. The maximum absolute atomic E-state index is 12.2. The summed E-state index contributed by atoms with van der Waals surface area (Å²) in [5, 5.41) is 5.03. The SMILES string of the molecule is COc1cccc(OCCNC(=O)[C@@H](C)Oc2ccc3ccccc3c2)c1. The number of carbonyl (C=O) groups excluding carboxylic acids is 1. The molecule has 0 aliphatic carbocycles. The molecule has 0 unspecified atom stereocenters. The largest absolute Gasteiger partial charge is 0.497 e. The molecule has 5 nitrogen and oxygen atoms in total. The fourth-order valence-electron chi connectivity index (χ4n) is 2.68. The molecule has 0 radical (unpaired) electrons. The number of methoxy groups -OCH3 is 1. The Hall–Kier alpha value is -3.21. The van der Waals surface area contributed by atoms with Gasteiger partial charge in [0.25, 0.3) is 5.91 Å². The molecule has 0 bridgehead atoms. The summed E-state index contributed by atoms with van der Waals surface area (Å²) >= 11 is 0. The van der Waals surface area contributed by atoms with E-state index in [1.165, 1.54) is 0 Å². The Morgan fingerprint density at radius 1 is 0.926 bits per heavy atom. The van der Waals surface area contributed by atoms with Gasteiger partial charge in [-0.25, -0.2) is 0 Å². The molecule has 3 rings (SSSR count). The Bertz CT molecular complexity index is 909. The Morgan fingerprint density at radius 3 is 2.52 bits per heavy atom. The quantitative estimate of drug-likeness (QED) is 0.617. The topological polar surface area (TPSA) is 56.8 Å². The van der Waals surface area contributed by atoms with Crippen LogP contribution in [0.25, 0.3) is 10.8 Å². The van der Waals surface area contributed by atoms with Crippen molar-refractivity contribution in [3.63, 3.8) is 0 Å². The standard InChI is InChI=1S/C22H23NO4/c1-16(27-21-11-10-17-6-3-4-7-18(17)14-21)22(24)23-12-13-26-20-9-5-8-19(15-20)25-2/h3-11,14-16H,12-13H2,1-2H3,(H,23,24)/t16-/m1/s1. The van der Waals surface area contributed by atoms with Gasteiger partial charge in [-0.1, -0.05) is 36.4 Å². The molecule has 5 heteroatoms. The molecule has 0 aromatic heterocycles. The van der Waals surface area contributed by atoms with Crippen molar-refractivity contribution in [3.8, 4) is 17.2 Å². The van der Waals surface area contributed by atoms with Crippen LogP contribution >= 0.6 is 0 Å². The van der Waals surface area contributed by atoms with E-state index in [0.29, 0.717) is 24.7 Å². The second-order valence-electron chi connectivity index (χ2n) is 6.09. The van der Waals surface area contributed by atoms with Crippen molar-refractivity contribution in [1.82, 2.24) is 5.32 Å². The molecule has 3 aromatic rings. The Balaban J connectivity index is 1.45. The van der Waals surface area contributed by atoms with Crippen molar-refractivity contribution in [3.05, 3.63) is 66.7 Å². The second kappa shape index (κ2) is 8.94. The third kappa shape index (κ3) is 5.14. The van der Waals surface area contributed by atoms with E-state index in [1.54, 1.807) is 20.1 Å². The van der Waals surface area contributed by atoms with Crippen molar-refractivity contribution in [1.29, 1.82) is 0 Å². The molecule has 0 saturated carbocycles. The first-order valence-electron chi connectivity index (χ1n) is 8.86. The molecule has 0 spiro atoms. The smallest absolute Gasteiger partial charge is 0.260 e. The molecule has 0 fully saturated rings. The first-order valence-corrected chi connectivity index (χ1v) is 8.86. The lowest BCUT2D eigenvalue weighted by Gasteiger charge is -2.15. The van der Waals surface area contributed by atoms with E-state index in [-0.39, 0.29) is 5.91 Å². The number of fused-ring (bicyclic) bond motifs is 1. The molecule has 0 aliphatic heterocycles. The third-order valence-electron chi connectivity index (χ3n) is 4.11. The maximum atomic E-state index is 12.2. The minimum atomic E-state index is -0.594. The lowest BCUT2D eigenvalue weighted by Crippen LogP contribution is -2.38. The predicted molar refractivity (Wildman–Crippen MR) is 106 cm³/mol. The summed E-state index contributed by atoms with van der Waals surface area (Å²) in [5.74, 6) is 1.92. The van der Waals surface area contributed by atoms with Crippen LogP contribution in [0.4, 0.5) is 0 Å². The second-order valence-corrected chi connectivity index (χ2v) is 6.09. The molecule has 1 amide bonds. The van der Waals surface area contributed by atoms with Crippen LogP contribution < -0.4 is 19.5 Å². The molecule has 0 aliphatic rings. The normalized spacial score (nSPS) is 11.6. The predicted octanol–water partition coefficient (Wildman–Crippen LogP) is 3.81. The summed E-state index contributed by atoms with van der Waals surface area (Å²) in [6.45, 7) is 2.48. The zero-order valence-corrected chi connectivity index (χ0v) is 15.5. The molecule has 0 heterocycles. The summed E-state index contributed by atoms with van der Waals surface area (Å²) in [4.78, 5) is 12.2. The average molecular weight is 365 g/mol. The van der Waals surface area contributed by atoms with Gasteiger partial charge >= 0.3 is 0 Å². The molecule has 27 heavy (non-hydrogen) atoms. The van der Waals surface area contributed by atoms with Gasteiger partial charge in [0.05, 0.1) is 13.7 Å². The van der Waals surface area contributed by atoms with Gasteiger partial charge in [-0.2, -0.15) is 0 Å². The third-order valence-corrected chi connectivity index (χ3v) is 4.11. The van der Waals surface area contributed by atoms with E-state index in [9.17, 15) is 4.79 Å². The van der Waals surface area contributed by atoms with Crippen molar-refractivity contribution in [2.45, 2.75) is 13.0 Å². The number of hydrogen-bond acceptors (Lipinski definition) is 4. The van der Waals surface area contributed by atoms with Gasteiger partial charge in [-0.15, -0.1) is 0 Å². The lowest BCUT2D eigenvalue weighted by atomic mass is 10.1. The van der Waals surface area contributed by atoms with E-state index < -0.39 is 6.10 Å². The van der Waals surface area contributed by atoms with Gasteiger partial charge in [0.2, 0.25) is 0 Å². The zero-order chi connectivity index (χ0) is 19.1. The Morgan fingerprint density at radius 2 is 1.70 bits per heavy atom. The van der Waals surface area contributed by atoms with Crippen LogP contribution in [0.2, 0.25) is 0 Å². The maximum Gasteiger partial charge on any atom is 0.260 e. The number of hydrogen-bond donors (Lipinski definition) is 1. The van der Waals surface area contributed by atoms with Gasteiger partial charge in [0.1, 0.15) is 23.9 Å². The molecular weight excluding hydrogens is 342 g/mol. The van der Waals surface area contributed by atoms with Crippen molar-refractivity contribution >= 4 is 16.7 Å². The number of nitrogens with one attached hydrogen (secondary N) is 1. The van der Waals surface area contributed by atoms with E-state index in [2.05, 4.69) is 5.32 Å². The minimum absolute atomic E-state index is 0.183. The van der Waals surface area contributed by atoms with Gasteiger partial charge < -0.3 is 19.5 Å². The molecule has 0 saturated heterocycles. The van der Waals surface area contributed by atoms with E-state index in [4.69, 9.17) is 14.2 Å². The Labute approximate surface area is 158 Å². The molecule has 3 aromatic carbocycles. The van der Waals surface area contributed by atoms with Gasteiger partial charge in [-0.3, -0.25) is 4.79 Å². The number of benzene rings is 3. The first-order chi connectivity index (χ1) is 13.2. The van der Waals surface area contributed by atoms with Gasteiger partial charge in [0, 0.05) is 6.07 Å². The summed E-state index contributed by atoms with van der Waals surface area (Å²) in [6.07, 6.45) is -0.594. The average Bonchev–Trinajstić information content (AvgIpc) is 2.71. The van der Waals surface area contributed by atoms with Gasteiger partial charge in [-0.05, 0) is 42.0 Å². The van der Waals surface area contributed by atoms with Crippen LogP contribution in [0.15, 0.2) is 66.7 Å². The zero-order valence-electron chi connectivity index (χ0n) is 15.5. The van der Waals surface area contributed by atoms with Crippen LogP contribution in [0.3, 0.4) is 0 Å². The number of rotatable bonds is 8. The summed E-state index contributed by atoms with van der Waals surface area (Å²) in [5.41, 5.74) is 0. The molecule has 140 valence electrons. The van der Waals surface area contributed by atoms with E-state index in [0.717, 1.165) is 16.5 Å². The highest BCUT2D eigenvalue weighted by Crippen LogP contribution is 2.21. The first kappa shape index (κ1) is 18.6. The monoisotopic (exact) mass is 365 g/mol. The van der Waals surface area contributed by atoms with Crippen LogP contribution in [0, 0.1) is 0 Å². The molecule has 1 N–H and O–H groups in total. The number of amides is 1. The minimum Gasteiger partial charge on any atom is -0.497 e. The fraction of sp³-hybridized carbons (Fsp3) is 0.227. The van der Waals surface area contributed by atoms with Crippen molar-refractivity contribution in [2.75, 3.05) is 20.3 Å². The van der Waals surface area contributed by atoms with Gasteiger partial charge in [0.15, 0.2) is 6.10 Å². The highest BCUT2D eigenvalue weighted by atomic mass is 16.5. The Kier molecular flexibility index (Phi) is 6.15. The van der Waals surface area contributed by atoms with Crippen LogP contribution in [0.5, 0.6) is 17.2 Å². The van der Waals surface area contributed by atoms with Crippen molar-refractivity contribution < 1.29 is 19.0 Å². The number of ether oxygens (including phenoxy) is 3. The molecular formula is C22H23NO4. The van der Waals surface area contributed by atoms with E-state index >= 15 is 0 Å². The number of carbonyl (C=O) groups is 1. The van der Waals surface area contributed by atoms with Crippen molar-refractivity contribution in [2.24, 2.45) is 0 Å². The van der Waals surface area contributed by atoms with E-state index in [1.807, 2.05) is 60.7 Å². The van der Waals surface area contributed by atoms with Crippen LogP contribution in [-0.4, -0.2) is 32.3 Å². The highest BCUT2D eigenvalue weighted by Gasteiger charge is 2.14. The van der Waals surface area contributed by atoms with Crippen LogP contribution in [0.1, 0.15) is 6.92 Å². The van der Waals surface area contributed by atoms with Crippen LogP contribution in [-0.2, 0) is 4.79 Å². The highest BCUT2D eigenvalue weighted by molar-refractivity contribution is 5.84. The summed E-state index contributed by atoms with van der Waals surface area (Å²) in [6, 6.07) is 21.2. The fourth-order valence-corrected chi connectivity index (χ4v) is 2.68. The summed E-state index contributed by atoms with van der Waals surface area (Å²) < 4.78 is 16.5. The molecule has 1 atom stereocenters.